The number of hydrogen-bond donors (Lipinski definition) is 1. The van der Waals surface area contributed by atoms with Crippen LogP contribution in [-0.2, 0) is 4.79 Å². The molecule has 0 spiro atoms. The van der Waals surface area contributed by atoms with Crippen molar-refractivity contribution in [1.29, 1.82) is 0 Å². The lowest BCUT2D eigenvalue weighted by Crippen LogP contribution is -2.30. The standard InChI is InChI=1S/C8H11NO3/c1-4(10)7-5-2-9(8(11)12)3-6(5)7/h5-7H,2-3H2,1H3,(H,11,12)/t5-,6?,7+/m0/s1. The topological polar surface area (TPSA) is 57.6 Å². The molecule has 1 aliphatic heterocycles. The number of fused-ring (bicyclic) bond motifs is 1. The number of hydrogen-bond acceptors (Lipinski definition) is 2. The quantitative estimate of drug-likeness (QED) is 0.619. The molecule has 1 saturated heterocycles. The first-order valence-electron chi connectivity index (χ1n) is 4.09. The molecule has 1 heterocycles. The second-order valence-corrected chi connectivity index (χ2v) is 3.65. The fraction of sp³-hybridized carbons (Fsp3) is 0.750. The van der Waals surface area contributed by atoms with Gasteiger partial charge in [-0.3, -0.25) is 4.79 Å². The second-order valence-electron chi connectivity index (χ2n) is 3.65. The molecule has 66 valence electrons. The van der Waals surface area contributed by atoms with Crippen LogP contribution in [0.5, 0.6) is 0 Å². The SMILES string of the molecule is CC(=O)[C@H]1C2CN(C(=O)O)C[C@@H]21. The molecule has 12 heavy (non-hydrogen) atoms. The largest absolute Gasteiger partial charge is 0.465 e. The van der Waals surface area contributed by atoms with Crippen molar-refractivity contribution in [3.63, 3.8) is 0 Å². The first-order valence-corrected chi connectivity index (χ1v) is 4.09. The molecule has 0 aromatic carbocycles. The second kappa shape index (κ2) is 2.21. The third-order valence-electron chi connectivity index (χ3n) is 2.93. The maximum absolute atomic E-state index is 10.9. The number of carbonyl (C=O) groups excluding carboxylic acids is 1. The van der Waals surface area contributed by atoms with Gasteiger partial charge in [0, 0.05) is 19.0 Å². The van der Waals surface area contributed by atoms with Crippen LogP contribution in [-0.4, -0.2) is 35.0 Å². The molecular formula is C8H11NO3. The summed E-state index contributed by atoms with van der Waals surface area (Å²) in [6.45, 7) is 2.71. The van der Waals surface area contributed by atoms with Crippen LogP contribution in [0.4, 0.5) is 4.79 Å². The predicted molar refractivity (Wildman–Crippen MR) is 40.7 cm³/mol. The Kier molecular flexibility index (Phi) is 1.40. The fourth-order valence-electron chi connectivity index (χ4n) is 2.29. The van der Waals surface area contributed by atoms with Gasteiger partial charge < -0.3 is 10.0 Å². The first kappa shape index (κ1) is 7.58. The lowest BCUT2D eigenvalue weighted by molar-refractivity contribution is -0.119. The minimum atomic E-state index is -0.857. The van der Waals surface area contributed by atoms with Crippen LogP contribution in [0.1, 0.15) is 6.92 Å². The molecule has 1 amide bonds. The summed E-state index contributed by atoms with van der Waals surface area (Å²) in [5.41, 5.74) is 0. The average molecular weight is 169 g/mol. The number of Topliss-reactive ketones (excluding diaryl/α,β-unsaturated/α-hetero) is 1. The molecule has 4 nitrogen and oxygen atoms in total. The van der Waals surface area contributed by atoms with E-state index in [0.717, 1.165) is 0 Å². The molecule has 1 N–H and O–H groups in total. The summed E-state index contributed by atoms with van der Waals surface area (Å²) in [6.07, 6.45) is -0.857. The number of carboxylic acid groups (broad SMARTS) is 1. The van der Waals surface area contributed by atoms with E-state index in [9.17, 15) is 9.59 Å². The molecule has 0 aromatic rings. The minimum Gasteiger partial charge on any atom is -0.465 e. The Hall–Kier alpha value is -1.06. The number of likely N-dealkylation sites (tertiary alicyclic amines) is 1. The van der Waals surface area contributed by atoms with Gasteiger partial charge in [-0.25, -0.2) is 4.79 Å². The molecular weight excluding hydrogens is 158 g/mol. The van der Waals surface area contributed by atoms with Crippen molar-refractivity contribution in [2.24, 2.45) is 17.8 Å². The summed E-state index contributed by atoms with van der Waals surface area (Å²) in [4.78, 5) is 22.8. The van der Waals surface area contributed by atoms with Crippen LogP contribution < -0.4 is 0 Å². The normalized spacial score (nSPS) is 37.8. The van der Waals surface area contributed by atoms with Crippen molar-refractivity contribution in [1.82, 2.24) is 4.90 Å². The van der Waals surface area contributed by atoms with Gasteiger partial charge in [-0.05, 0) is 18.8 Å². The highest BCUT2D eigenvalue weighted by atomic mass is 16.4. The van der Waals surface area contributed by atoms with E-state index in [1.54, 1.807) is 6.92 Å². The first-order chi connectivity index (χ1) is 5.61. The number of carbonyl (C=O) groups is 2. The van der Waals surface area contributed by atoms with Crippen LogP contribution >= 0.6 is 0 Å². The van der Waals surface area contributed by atoms with Gasteiger partial charge in [0.1, 0.15) is 5.78 Å². The monoisotopic (exact) mass is 169 g/mol. The van der Waals surface area contributed by atoms with Crippen molar-refractivity contribution in [3.05, 3.63) is 0 Å². The smallest absolute Gasteiger partial charge is 0.407 e. The molecule has 1 unspecified atom stereocenters. The zero-order valence-electron chi connectivity index (χ0n) is 6.86. The highest BCUT2D eigenvalue weighted by molar-refractivity contribution is 5.82. The molecule has 0 radical (unpaired) electrons. The molecule has 2 rings (SSSR count). The summed E-state index contributed by atoms with van der Waals surface area (Å²) in [6, 6.07) is 0. The number of piperidine rings is 1. The molecule has 0 bridgehead atoms. The fourth-order valence-corrected chi connectivity index (χ4v) is 2.29. The number of rotatable bonds is 1. The molecule has 1 saturated carbocycles. The van der Waals surface area contributed by atoms with E-state index < -0.39 is 6.09 Å². The molecule has 2 aliphatic rings. The van der Waals surface area contributed by atoms with Crippen molar-refractivity contribution in [2.75, 3.05) is 13.1 Å². The highest BCUT2D eigenvalue weighted by Gasteiger charge is 2.58. The third kappa shape index (κ3) is 0.906. The third-order valence-corrected chi connectivity index (χ3v) is 2.93. The van der Waals surface area contributed by atoms with Gasteiger partial charge in [-0.15, -0.1) is 0 Å². The molecule has 1 aliphatic carbocycles. The van der Waals surface area contributed by atoms with Gasteiger partial charge in [-0.2, -0.15) is 0 Å². The van der Waals surface area contributed by atoms with Crippen molar-refractivity contribution in [2.45, 2.75) is 6.92 Å². The summed E-state index contributed by atoms with van der Waals surface area (Å²) < 4.78 is 0. The Labute approximate surface area is 70.2 Å². The Bertz CT molecular complexity index is 227. The zero-order chi connectivity index (χ0) is 8.88. The van der Waals surface area contributed by atoms with Crippen LogP contribution in [0.3, 0.4) is 0 Å². The summed E-state index contributed by atoms with van der Waals surface area (Å²) in [5, 5.41) is 8.62. The van der Waals surface area contributed by atoms with E-state index in [1.165, 1.54) is 4.90 Å². The summed E-state index contributed by atoms with van der Waals surface area (Å²) in [5.74, 6) is 1.05. The predicted octanol–water partition coefficient (Wildman–Crippen LogP) is 0.431. The molecule has 4 heteroatoms. The average Bonchev–Trinajstić information content (AvgIpc) is 2.48. The maximum atomic E-state index is 10.9. The maximum Gasteiger partial charge on any atom is 0.407 e. The van der Waals surface area contributed by atoms with Gasteiger partial charge in [0.2, 0.25) is 0 Å². The van der Waals surface area contributed by atoms with Gasteiger partial charge in [-0.1, -0.05) is 0 Å². The van der Waals surface area contributed by atoms with E-state index in [-0.39, 0.29) is 11.7 Å². The molecule has 3 atom stereocenters. The number of amides is 1. The van der Waals surface area contributed by atoms with Gasteiger partial charge in [0.05, 0.1) is 0 Å². The van der Waals surface area contributed by atoms with E-state index in [4.69, 9.17) is 5.11 Å². The molecule has 0 aromatic heterocycles. The lowest BCUT2D eigenvalue weighted by Gasteiger charge is -2.14. The van der Waals surface area contributed by atoms with Crippen LogP contribution in [0.15, 0.2) is 0 Å². The van der Waals surface area contributed by atoms with Crippen molar-refractivity contribution in [3.8, 4) is 0 Å². The highest BCUT2D eigenvalue weighted by Crippen LogP contribution is 2.51. The van der Waals surface area contributed by atoms with Crippen LogP contribution in [0.2, 0.25) is 0 Å². The Balaban J connectivity index is 1.94. The Morgan fingerprint density at radius 1 is 1.33 bits per heavy atom. The number of nitrogens with zero attached hydrogens (tertiary/aromatic N) is 1. The van der Waals surface area contributed by atoms with Crippen molar-refractivity contribution < 1.29 is 14.7 Å². The Morgan fingerprint density at radius 3 is 2.17 bits per heavy atom. The Morgan fingerprint density at radius 2 is 1.83 bits per heavy atom. The van der Waals surface area contributed by atoms with Gasteiger partial charge >= 0.3 is 6.09 Å². The van der Waals surface area contributed by atoms with Gasteiger partial charge in [0.15, 0.2) is 0 Å². The van der Waals surface area contributed by atoms with E-state index >= 15 is 0 Å². The number of ketones is 1. The van der Waals surface area contributed by atoms with Crippen LogP contribution in [0.25, 0.3) is 0 Å². The van der Waals surface area contributed by atoms with E-state index in [0.29, 0.717) is 24.9 Å². The van der Waals surface area contributed by atoms with E-state index in [2.05, 4.69) is 0 Å². The summed E-state index contributed by atoms with van der Waals surface area (Å²) >= 11 is 0. The van der Waals surface area contributed by atoms with Crippen molar-refractivity contribution >= 4 is 11.9 Å². The molecule has 2 fully saturated rings. The zero-order valence-corrected chi connectivity index (χ0v) is 6.86. The van der Waals surface area contributed by atoms with Gasteiger partial charge in [0.25, 0.3) is 0 Å². The lowest BCUT2D eigenvalue weighted by atomic mass is 10.2. The van der Waals surface area contributed by atoms with E-state index in [1.807, 2.05) is 0 Å². The van der Waals surface area contributed by atoms with Crippen LogP contribution in [0, 0.1) is 17.8 Å². The minimum absolute atomic E-state index is 0.167. The summed E-state index contributed by atoms with van der Waals surface area (Å²) in [7, 11) is 0.